The molecule has 0 aliphatic rings. The SMILES string of the molecule is Cc1ccc(NC(=O)O[C@H](c2cc(I)ccc2O)[C@@H](C)CC/C=C/C(=O)O)cc1. The fraction of sp³-hybridized carbons (Fsp3) is 0.273. The highest BCUT2D eigenvalue weighted by Crippen LogP contribution is 2.36. The molecule has 0 spiro atoms. The maximum atomic E-state index is 12.5. The largest absolute Gasteiger partial charge is 0.508 e. The van der Waals surface area contributed by atoms with Crippen molar-refractivity contribution in [1.82, 2.24) is 0 Å². The van der Waals surface area contributed by atoms with Crippen LogP contribution in [0.5, 0.6) is 5.75 Å². The second kappa shape index (κ2) is 10.8. The molecule has 2 aromatic rings. The predicted molar refractivity (Wildman–Crippen MR) is 120 cm³/mol. The molecular weight excluding hydrogens is 485 g/mol. The first-order chi connectivity index (χ1) is 13.8. The number of hydrogen-bond acceptors (Lipinski definition) is 4. The van der Waals surface area contributed by atoms with Crippen LogP contribution >= 0.6 is 22.6 Å². The van der Waals surface area contributed by atoms with Crippen LogP contribution in [-0.2, 0) is 9.53 Å². The second-order valence-corrected chi connectivity index (χ2v) is 8.06. The first-order valence-corrected chi connectivity index (χ1v) is 10.3. The number of hydrogen-bond donors (Lipinski definition) is 3. The average molecular weight is 509 g/mol. The molecule has 0 unspecified atom stereocenters. The molecule has 2 rings (SSSR count). The number of carboxylic acids is 1. The van der Waals surface area contributed by atoms with Crippen molar-refractivity contribution < 1.29 is 24.5 Å². The quantitative estimate of drug-likeness (QED) is 0.316. The van der Waals surface area contributed by atoms with Crippen LogP contribution in [0.15, 0.2) is 54.6 Å². The van der Waals surface area contributed by atoms with Gasteiger partial charge in [0.05, 0.1) is 0 Å². The molecule has 0 saturated carbocycles. The molecule has 7 heteroatoms. The van der Waals surface area contributed by atoms with Gasteiger partial charge in [0, 0.05) is 20.9 Å². The van der Waals surface area contributed by atoms with E-state index in [0.29, 0.717) is 24.1 Å². The molecule has 3 N–H and O–H groups in total. The molecule has 6 nitrogen and oxygen atoms in total. The number of benzene rings is 2. The summed E-state index contributed by atoms with van der Waals surface area (Å²) in [5.74, 6) is -1.11. The van der Waals surface area contributed by atoms with E-state index in [-0.39, 0.29) is 11.7 Å². The molecule has 154 valence electrons. The molecule has 0 saturated heterocycles. The van der Waals surface area contributed by atoms with Crippen molar-refractivity contribution in [3.05, 3.63) is 69.3 Å². The average Bonchev–Trinajstić information content (AvgIpc) is 2.67. The minimum absolute atomic E-state index is 0.0477. The Morgan fingerprint density at radius 1 is 1.21 bits per heavy atom. The van der Waals surface area contributed by atoms with Gasteiger partial charge in [-0.25, -0.2) is 9.59 Å². The molecule has 29 heavy (non-hydrogen) atoms. The standard InChI is InChI=1S/C22H24INO5/c1-14-7-10-17(11-8-14)24-22(28)29-21(15(2)5-3-4-6-20(26)27)18-13-16(23)9-12-19(18)25/h4,6-13,15,21,25H,3,5H2,1-2H3,(H,24,28)(H,26,27)/b6-4+/t15-,21-/m0/s1. The molecule has 0 aliphatic carbocycles. The lowest BCUT2D eigenvalue weighted by Gasteiger charge is -2.25. The normalized spacial score (nSPS) is 13.1. The number of carbonyl (C=O) groups excluding carboxylic acids is 1. The number of nitrogens with one attached hydrogen (secondary N) is 1. The number of carboxylic acid groups (broad SMARTS) is 1. The molecule has 1 amide bonds. The highest BCUT2D eigenvalue weighted by Gasteiger charge is 2.26. The van der Waals surface area contributed by atoms with Crippen LogP contribution in [0.25, 0.3) is 0 Å². The van der Waals surface area contributed by atoms with Gasteiger partial charge in [-0.1, -0.05) is 30.7 Å². The van der Waals surface area contributed by atoms with Crippen molar-refractivity contribution in [2.75, 3.05) is 5.32 Å². The third kappa shape index (κ3) is 7.41. The van der Waals surface area contributed by atoms with Gasteiger partial charge in [-0.2, -0.15) is 0 Å². The molecule has 0 radical (unpaired) electrons. The number of carbonyl (C=O) groups is 2. The number of amides is 1. The number of aliphatic carboxylic acids is 1. The van der Waals surface area contributed by atoms with E-state index < -0.39 is 18.2 Å². The summed E-state index contributed by atoms with van der Waals surface area (Å²) >= 11 is 2.13. The van der Waals surface area contributed by atoms with Gasteiger partial charge in [0.2, 0.25) is 0 Å². The zero-order valence-corrected chi connectivity index (χ0v) is 18.4. The van der Waals surface area contributed by atoms with Gasteiger partial charge >= 0.3 is 12.1 Å². The van der Waals surface area contributed by atoms with Crippen LogP contribution in [-0.4, -0.2) is 22.3 Å². The molecule has 2 atom stereocenters. The third-order valence-corrected chi connectivity index (χ3v) is 5.06. The lowest BCUT2D eigenvalue weighted by molar-refractivity contribution is -0.131. The zero-order chi connectivity index (χ0) is 21.4. The number of rotatable bonds is 8. The summed E-state index contributed by atoms with van der Waals surface area (Å²) in [5, 5.41) is 21.7. The van der Waals surface area contributed by atoms with E-state index in [9.17, 15) is 14.7 Å². The summed E-state index contributed by atoms with van der Waals surface area (Å²) in [4.78, 5) is 23.1. The molecule has 0 bridgehead atoms. The number of phenolic OH excluding ortho intramolecular Hbond substituents is 1. The summed E-state index contributed by atoms with van der Waals surface area (Å²) in [6.45, 7) is 3.86. The summed E-state index contributed by atoms with van der Waals surface area (Å²) in [6, 6.07) is 12.5. The fourth-order valence-electron chi connectivity index (χ4n) is 2.83. The number of allylic oxidation sites excluding steroid dienone is 1. The monoisotopic (exact) mass is 509 g/mol. The van der Waals surface area contributed by atoms with Gasteiger partial charge in [0.25, 0.3) is 0 Å². The topological polar surface area (TPSA) is 95.9 Å². The van der Waals surface area contributed by atoms with Crippen molar-refractivity contribution in [2.45, 2.75) is 32.8 Å². The van der Waals surface area contributed by atoms with Crippen LogP contribution in [0.4, 0.5) is 10.5 Å². The second-order valence-electron chi connectivity index (χ2n) is 6.82. The Bertz CT molecular complexity index is 879. The van der Waals surface area contributed by atoms with Gasteiger partial charge in [0.15, 0.2) is 0 Å². The fourth-order valence-corrected chi connectivity index (χ4v) is 3.35. The first-order valence-electron chi connectivity index (χ1n) is 9.18. The van der Waals surface area contributed by atoms with E-state index in [0.717, 1.165) is 15.2 Å². The van der Waals surface area contributed by atoms with E-state index in [4.69, 9.17) is 9.84 Å². The van der Waals surface area contributed by atoms with Crippen LogP contribution in [0, 0.1) is 16.4 Å². The molecular formula is C22H24INO5. The number of anilines is 1. The van der Waals surface area contributed by atoms with Crippen molar-refractivity contribution >= 4 is 40.3 Å². The van der Waals surface area contributed by atoms with Gasteiger partial charge in [-0.15, -0.1) is 0 Å². The zero-order valence-electron chi connectivity index (χ0n) is 16.3. The Kier molecular flexibility index (Phi) is 8.50. The Morgan fingerprint density at radius 3 is 2.55 bits per heavy atom. The Labute approximate surface area is 183 Å². The minimum atomic E-state index is -1.00. The van der Waals surface area contributed by atoms with Gasteiger partial charge in [0.1, 0.15) is 11.9 Å². The highest BCUT2D eigenvalue weighted by atomic mass is 127. The summed E-state index contributed by atoms with van der Waals surface area (Å²) in [7, 11) is 0. The van der Waals surface area contributed by atoms with Crippen LogP contribution in [0.2, 0.25) is 0 Å². The van der Waals surface area contributed by atoms with Crippen molar-refractivity contribution in [1.29, 1.82) is 0 Å². The Hall–Kier alpha value is -2.55. The molecule has 0 aromatic heterocycles. The van der Waals surface area contributed by atoms with E-state index in [2.05, 4.69) is 27.9 Å². The van der Waals surface area contributed by atoms with E-state index in [1.165, 1.54) is 0 Å². The lowest BCUT2D eigenvalue weighted by atomic mass is 9.92. The maximum absolute atomic E-state index is 12.5. The Balaban J connectivity index is 2.17. The Morgan fingerprint density at radius 2 is 1.90 bits per heavy atom. The summed E-state index contributed by atoms with van der Waals surface area (Å²) < 4.78 is 6.60. The maximum Gasteiger partial charge on any atom is 0.412 e. The first kappa shape index (κ1) is 22.7. The molecule has 0 fully saturated rings. The van der Waals surface area contributed by atoms with Crippen LogP contribution in [0.3, 0.4) is 0 Å². The number of aryl methyl sites for hydroxylation is 1. The molecule has 0 heterocycles. The number of aromatic hydroxyl groups is 1. The molecule has 2 aromatic carbocycles. The minimum Gasteiger partial charge on any atom is -0.508 e. The van der Waals surface area contributed by atoms with Crippen molar-refractivity contribution in [3.63, 3.8) is 0 Å². The van der Waals surface area contributed by atoms with E-state index >= 15 is 0 Å². The van der Waals surface area contributed by atoms with Gasteiger partial charge in [-0.3, -0.25) is 5.32 Å². The number of halogens is 1. The summed E-state index contributed by atoms with van der Waals surface area (Å²) in [5.41, 5.74) is 2.21. The van der Waals surface area contributed by atoms with Gasteiger partial charge < -0.3 is 14.9 Å². The van der Waals surface area contributed by atoms with Crippen LogP contribution in [0.1, 0.15) is 37.0 Å². The number of ether oxygens (including phenoxy) is 1. The third-order valence-electron chi connectivity index (χ3n) is 4.39. The van der Waals surface area contributed by atoms with E-state index in [1.54, 1.807) is 36.4 Å². The van der Waals surface area contributed by atoms with Gasteiger partial charge in [-0.05, 0) is 78.6 Å². The smallest absolute Gasteiger partial charge is 0.412 e. The van der Waals surface area contributed by atoms with E-state index in [1.807, 2.05) is 26.0 Å². The molecule has 0 aliphatic heterocycles. The van der Waals surface area contributed by atoms with Crippen molar-refractivity contribution in [2.24, 2.45) is 5.92 Å². The van der Waals surface area contributed by atoms with Crippen LogP contribution < -0.4 is 5.32 Å². The van der Waals surface area contributed by atoms with Crippen molar-refractivity contribution in [3.8, 4) is 5.75 Å². The highest BCUT2D eigenvalue weighted by molar-refractivity contribution is 14.1. The lowest BCUT2D eigenvalue weighted by Crippen LogP contribution is -2.22. The predicted octanol–water partition coefficient (Wildman–Crippen LogP) is 5.65. The number of phenols is 1. The summed E-state index contributed by atoms with van der Waals surface area (Å²) in [6.07, 6.45) is 2.44.